The third-order valence-electron chi connectivity index (χ3n) is 3.26. The number of rotatable bonds is 5. The molecule has 1 aliphatic rings. The van der Waals surface area contributed by atoms with E-state index < -0.39 is 9.84 Å². The molecule has 0 aromatic rings. The first-order valence-electron chi connectivity index (χ1n) is 6.02. The summed E-state index contributed by atoms with van der Waals surface area (Å²) in [6, 6.07) is 0. The van der Waals surface area contributed by atoms with Crippen molar-refractivity contribution in [1.82, 2.24) is 5.32 Å². The largest absolute Gasteiger partial charge is 0.316 e. The van der Waals surface area contributed by atoms with E-state index in [9.17, 15) is 8.42 Å². The van der Waals surface area contributed by atoms with Gasteiger partial charge in [0.05, 0.1) is 10.5 Å². The molecule has 3 nitrogen and oxygen atoms in total. The van der Waals surface area contributed by atoms with E-state index in [1.54, 1.807) is 0 Å². The highest BCUT2D eigenvalue weighted by Crippen LogP contribution is 2.26. The molecule has 1 atom stereocenters. The standard InChI is InChI=1S/C11H23NO2S/c1-3-12-9-10(2)15(13,14)11-7-5-4-6-8-11/h10-12H,3-9H2,1-2H3. The molecule has 0 radical (unpaired) electrons. The zero-order valence-corrected chi connectivity index (χ0v) is 10.6. The van der Waals surface area contributed by atoms with Crippen LogP contribution in [0.4, 0.5) is 0 Å². The molecule has 1 unspecified atom stereocenters. The third-order valence-corrected chi connectivity index (χ3v) is 5.95. The molecule has 15 heavy (non-hydrogen) atoms. The zero-order valence-electron chi connectivity index (χ0n) is 9.83. The Morgan fingerprint density at radius 1 is 1.27 bits per heavy atom. The maximum absolute atomic E-state index is 12.2. The molecular weight excluding hydrogens is 210 g/mol. The molecule has 0 spiro atoms. The van der Waals surface area contributed by atoms with Crippen molar-refractivity contribution < 1.29 is 8.42 Å². The summed E-state index contributed by atoms with van der Waals surface area (Å²) in [7, 11) is -2.90. The van der Waals surface area contributed by atoms with Gasteiger partial charge in [-0.2, -0.15) is 0 Å². The first-order valence-corrected chi connectivity index (χ1v) is 7.63. The van der Waals surface area contributed by atoms with E-state index in [-0.39, 0.29) is 10.5 Å². The molecular formula is C11H23NO2S. The van der Waals surface area contributed by atoms with Crippen molar-refractivity contribution in [1.29, 1.82) is 0 Å². The molecule has 0 saturated heterocycles. The second kappa shape index (κ2) is 5.85. The second-order valence-corrected chi connectivity index (χ2v) is 7.12. The third kappa shape index (κ3) is 3.45. The quantitative estimate of drug-likeness (QED) is 0.786. The fourth-order valence-electron chi connectivity index (χ4n) is 2.19. The van der Waals surface area contributed by atoms with Gasteiger partial charge < -0.3 is 5.32 Å². The predicted octanol–water partition coefficient (Wildman–Crippen LogP) is 1.73. The van der Waals surface area contributed by atoms with Gasteiger partial charge in [-0.15, -0.1) is 0 Å². The van der Waals surface area contributed by atoms with Gasteiger partial charge >= 0.3 is 0 Å². The lowest BCUT2D eigenvalue weighted by Gasteiger charge is -2.25. The Morgan fingerprint density at radius 3 is 2.40 bits per heavy atom. The van der Waals surface area contributed by atoms with Crippen molar-refractivity contribution in [2.24, 2.45) is 0 Å². The van der Waals surface area contributed by atoms with Crippen molar-refractivity contribution in [2.45, 2.75) is 56.5 Å². The van der Waals surface area contributed by atoms with Crippen LogP contribution < -0.4 is 5.32 Å². The molecule has 0 aromatic heterocycles. The minimum absolute atomic E-state index is 0.0695. The zero-order chi connectivity index (χ0) is 11.3. The Kier molecular flexibility index (Phi) is 5.06. The van der Waals surface area contributed by atoms with Crippen molar-refractivity contribution in [3.63, 3.8) is 0 Å². The Bertz CT molecular complexity index is 268. The van der Waals surface area contributed by atoms with Gasteiger partial charge in [-0.1, -0.05) is 26.2 Å². The first kappa shape index (κ1) is 13.0. The lowest BCUT2D eigenvalue weighted by Crippen LogP contribution is -2.38. The van der Waals surface area contributed by atoms with E-state index in [4.69, 9.17) is 0 Å². The minimum atomic E-state index is -2.90. The number of hydrogen-bond donors (Lipinski definition) is 1. The van der Waals surface area contributed by atoms with Crippen LogP contribution in [0, 0.1) is 0 Å². The van der Waals surface area contributed by atoms with Gasteiger partial charge in [0.25, 0.3) is 0 Å². The summed E-state index contributed by atoms with van der Waals surface area (Å²) in [5.74, 6) is 0. The number of hydrogen-bond acceptors (Lipinski definition) is 3. The monoisotopic (exact) mass is 233 g/mol. The molecule has 4 heteroatoms. The molecule has 1 saturated carbocycles. The average molecular weight is 233 g/mol. The molecule has 0 heterocycles. The first-order chi connectivity index (χ1) is 7.09. The van der Waals surface area contributed by atoms with Crippen LogP contribution in [0.5, 0.6) is 0 Å². The van der Waals surface area contributed by atoms with Gasteiger partial charge in [-0.25, -0.2) is 8.42 Å². The van der Waals surface area contributed by atoms with Crippen LogP contribution in [-0.4, -0.2) is 32.0 Å². The summed E-state index contributed by atoms with van der Waals surface area (Å²) in [4.78, 5) is 0. The highest BCUT2D eigenvalue weighted by Gasteiger charge is 2.31. The molecule has 0 aliphatic heterocycles. The van der Waals surface area contributed by atoms with Crippen LogP contribution in [0.2, 0.25) is 0 Å². The van der Waals surface area contributed by atoms with Crippen LogP contribution in [0.25, 0.3) is 0 Å². The van der Waals surface area contributed by atoms with Crippen molar-refractivity contribution in [2.75, 3.05) is 13.1 Å². The van der Waals surface area contributed by atoms with E-state index in [0.717, 1.165) is 32.2 Å². The predicted molar refractivity (Wildman–Crippen MR) is 63.8 cm³/mol. The van der Waals surface area contributed by atoms with Crippen LogP contribution in [-0.2, 0) is 9.84 Å². The number of nitrogens with one attached hydrogen (secondary N) is 1. The van der Waals surface area contributed by atoms with E-state index in [1.165, 1.54) is 6.42 Å². The highest BCUT2D eigenvalue weighted by atomic mass is 32.2. The lowest BCUT2D eigenvalue weighted by atomic mass is 10.0. The maximum atomic E-state index is 12.2. The molecule has 90 valence electrons. The SMILES string of the molecule is CCNCC(C)S(=O)(=O)C1CCCCC1. The fourth-order valence-corrected chi connectivity index (χ4v) is 4.18. The van der Waals surface area contributed by atoms with E-state index >= 15 is 0 Å². The van der Waals surface area contributed by atoms with Gasteiger partial charge in [0, 0.05) is 6.54 Å². The van der Waals surface area contributed by atoms with Gasteiger partial charge in [0.15, 0.2) is 9.84 Å². The Morgan fingerprint density at radius 2 is 1.87 bits per heavy atom. The van der Waals surface area contributed by atoms with Crippen molar-refractivity contribution in [3.05, 3.63) is 0 Å². The molecule has 0 aromatic carbocycles. The van der Waals surface area contributed by atoms with Crippen LogP contribution in [0.1, 0.15) is 46.0 Å². The molecule has 0 amide bonds. The van der Waals surface area contributed by atoms with Crippen LogP contribution in [0.3, 0.4) is 0 Å². The second-order valence-electron chi connectivity index (χ2n) is 4.47. The Labute approximate surface area is 93.6 Å². The molecule has 1 N–H and O–H groups in total. The molecule has 1 rings (SSSR count). The Balaban J connectivity index is 2.55. The van der Waals surface area contributed by atoms with Gasteiger partial charge in [0.1, 0.15) is 0 Å². The van der Waals surface area contributed by atoms with Crippen LogP contribution >= 0.6 is 0 Å². The average Bonchev–Trinajstić information content (AvgIpc) is 2.27. The van der Waals surface area contributed by atoms with Crippen molar-refractivity contribution in [3.8, 4) is 0 Å². The summed E-state index contributed by atoms with van der Waals surface area (Å²) < 4.78 is 24.3. The molecule has 0 bridgehead atoms. The summed E-state index contributed by atoms with van der Waals surface area (Å²) >= 11 is 0. The van der Waals surface area contributed by atoms with Gasteiger partial charge in [-0.05, 0) is 26.3 Å². The topological polar surface area (TPSA) is 46.2 Å². The van der Waals surface area contributed by atoms with Crippen LogP contribution in [0.15, 0.2) is 0 Å². The summed E-state index contributed by atoms with van der Waals surface area (Å²) in [5.41, 5.74) is 0. The smallest absolute Gasteiger partial charge is 0.156 e. The summed E-state index contributed by atoms with van der Waals surface area (Å²) in [6.07, 6.45) is 5.11. The normalized spacial score (nSPS) is 21.5. The lowest BCUT2D eigenvalue weighted by molar-refractivity contribution is 0.477. The minimum Gasteiger partial charge on any atom is -0.316 e. The number of sulfone groups is 1. The van der Waals surface area contributed by atoms with Gasteiger partial charge in [-0.3, -0.25) is 0 Å². The summed E-state index contributed by atoms with van der Waals surface area (Å²) in [6.45, 7) is 5.26. The fraction of sp³-hybridized carbons (Fsp3) is 1.00. The van der Waals surface area contributed by atoms with E-state index in [2.05, 4.69) is 5.32 Å². The highest BCUT2D eigenvalue weighted by molar-refractivity contribution is 7.92. The Hall–Kier alpha value is -0.0900. The van der Waals surface area contributed by atoms with E-state index in [0.29, 0.717) is 6.54 Å². The van der Waals surface area contributed by atoms with Crippen molar-refractivity contribution >= 4 is 9.84 Å². The van der Waals surface area contributed by atoms with Gasteiger partial charge in [0.2, 0.25) is 0 Å². The molecule has 1 aliphatic carbocycles. The maximum Gasteiger partial charge on any atom is 0.156 e. The molecule has 1 fully saturated rings. The summed E-state index contributed by atoms with van der Waals surface area (Å²) in [5, 5.41) is 2.81. The van der Waals surface area contributed by atoms with E-state index in [1.807, 2.05) is 13.8 Å².